The van der Waals surface area contributed by atoms with Crippen LogP contribution in [0.5, 0.6) is 0 Å². The van der Waals surface area contributed by atoms with E-state index in [9.17, 15) is 30.3 Å². The SMILES string of the molecule is CC(C)(C)CC(C)(C)NC(=O)NC(CNC1CCCC(O)C(O)C1O)C(O)CC(O)C(C)(C)CC(C)(C)C. The fraction of sp³-hybridized carbons (Fsp3) is 0.966. The van der Waals surface area contributed by atoms with Gasteiger partial charge in [0, 0.05) is 24.5 Å². The summed E-state index contributed by atoms with van der Waals surface area (Å²) in [4.78, 5) is 13.0. The number of aliphatic hydroxyl groups is 5. The van der Waals surface area contributed by atoms with Gasteiger partial charge in [0.1, 0.15) is 6.10 Å². The summed E-state index contributed by atoms with van der Waals surface area (Å²) in [6.07, 6.45) is -2.21. The predicted octanol–water partition coefficient (Wildman–Crippen LogP) is 2.67. The first-order chi connectivity index (χ1) is 17.0. The maximum Gasteiger partial charge on any atom is 0.315 e. The standard InChI is InChI=1S/C29H59N3O6/c1-26(2,3)16-28(7,8)22(35)14-21(34)19(31-25(38)32-29(9,10)17-27(4,5)6)15-30-18-12-11-13-20(33)24(37)23(18)36/h18-24,30,33-37H,11-17H2,1-10H3,(H2,31,32,38). The van der Waals surface area contributed by atoms with Crippen LogP contribution in [0.4, 0.5) is 4.79 Å². The average molecular weight is 546 g/mol. The first-order valence-electron chi connectivity index (χ1n) is 14.3. The molecule has 7 atom stereocenters. The Morgan fingerprint density at radius 1 is 0.842 bits per heavy atom. The van der Waals surface area contributed by atoms with Crippen LogP contribution >= 0.6 is 0 Å². The lowest BCUT2D eigenvalue weighted by molar-refractivity contribution is -0.0654. The van der Waals surface area contributed by atoms with Crippen molar-refractivity contribution in [1.29, 1.82) is 0 Å². The third-order valence-electron chi connectivity index (χ3n) is 7.33. The largest absolute Gasteiger partial charge is 0.392 e. The summed E-state index contributed by atoms with van der Waals surface area (Å²) < 4.78 is 0. The number of hydrogen-bond donors (Lipinski definition) is 8. The minimum Gasteiger partial charge on any atom is -0.392 e. The fourth-order valence-electron chi connectivity index (χ4n) is 6.22. The van der Waals surface area contributed by atoms with Crippen LogP contribution in [0.2, 0.25) is 0 Å². The Labute approximate surface area is 231 Å². The highest BCUT2D eigenvalue weighted by Gasteiger charge is 2.38. The molecule has 0 spiro atoms. The number of aliphatic hydroxyl groups excluding tert-OH is 5. The average Bonchev–Trinajstić information content (AvgIpc) is 2.80. The summed E-state index contributed by atoms with van der Waals surface area (Å²) in [5, 5.41) is 62.2. The van der Waals surface area contributed by atoms with E-state index in [0.717, 1.165) is 12.8 Å². The van der Waals surface area contributed by atoms with Gasteiger partial charge in [0.25, 0.3) is 0 Å². The summed E-state index contributed by atoms with van der Waals surface area (Å²) >= 11 is 0. The predicted molar refractivity (Wildman–Crippen MR) is 152 cm³/mol. The van der Waals surface area contributed by atoms with E-state index in [0.29, 0.717) is 19.3 Å². The topological polar surface area (TPSA) is 154 Å². The van der Waals surface area contributed by atoms with Crippen LogP contribution in [0.3, 0.4) is 0 Å². The summed E-state index contributed by atoms with van der Waals surface area (Å²) in [7, 11) is 0. The van der Waals surface area contributed by atoms with Crippen LogP contribution in [0, 0.1) is 16.2 Å². The van der Waals surface area contributed by atoms with Crippen molar-refractivity contribution in [3.8, 4) is 0 Å². The Balaban J connectivity index is 3.02. The van der Waals surface area contributed by atoms with E-state index in [1.54, 1.807) is 0 Å². The van der Waals surface area contributed by atoms with Crippen LogP contribution in [0.15, 0.2) is 0 Å². The molecule has 0 radical (unpaired) electrons. The minimum atomic E-state index is -1.27. The minimum absolute atomic E-state index is 0.00102. The Morgan fingerprint density at radius 2 is 1.39 bits per heavy atom. The molecule has 1 saturated carbocycles. The summed E-state index contributed by atoms with van der Waals surface area (Å²) in [5.74, 6) is 0. The van der Waals surface area contributed by atoms with E-state index >= 15 is 0 Å². The number of carbonyl (C=O) groups excluding carboxylic acids is 1. The van der Waals surface area contributed by atoms with Gasteiger partial charge in [-0.25, -0.2) is 4.79 Å². The van der Waals surface area contributed by atoms with Crippen LogP contribution in [0.1, 0.15) is 108 Å². The Hall–Kier alpha value is -0.970. The molecule has 7 unspecified atom stereocenters. The van der Waals surface area contributed by atoms with Gasteiger partial charge in [0.2, 0.25) is 0 Å². The number of carbonyl (C=O) groups is 1. The van der Waals surface area contributed by atoms with Crippen molar-refractivity contribution in [3.63, 3.8) is 0 Å². The lowest BCUT2D eigenvalue weighted by Gasteiger charge is -2.39. The summed E-state index contributed by atoms with van der Waals surface area (Å²) in [5.41, 5.74) is -0.946. The monoisotopic (exact) mass is 545 g/mol. The zero-order valence-corrected chi connectivity index (χ0v) is 25.6. The maximum atomic E-state index is 13.0. The van der Waals surface area contributed by atoms with E-state index in [4.69, 9.17) is 0 Å². The molecular weight excluding hydrogens is 486 g/mol. The highest BCUT2D eigenvalue weighted by molar-refractivity contribution is 5.75. The van der Waals surface area contributed by atoms with Gasteiger partial charge in [0.15, 0.2) is 0 Å². The molecule has 0 bridgehead atoms. The van der Waals surface area contributed by atoms with Gasteiger partial charge >= 0.3 is 6.03 Å². The molecule has 1 aliphatic carbocycles. The van der Waals surface area contributed by atoms with Gasteiger partial charge < -0.3 is 41.5 Å². The van der Waals surface area contributed by atoms with Crippen molar-refractivity contribution >= 4 is 6.03 Å². The van der Waals surface area contributed by atoms with E-state index in [1.165, 1.54) is 0 Å². The Bertz CT molecular complexity index is 731. The zero-order valence-electron chi connectivity index (χ0n) is 25.6. The molecular formula is C29H59N3O6. The smallest absolute Gasteiger partial charge is 0.315 e. The molecule has 9 nitrogen and oxygen atoms in total. The fourth-order valence-corrected chi connectivity index (χ4v) is 6.22. The van der Waals surface area contributed by atoms with E-state index < -0.39 is 59.6 Å². The normalized spacial score (nSPS) is 26.3. The van der Waals surface area contributed by atoms with Crippen LogP contribution < -0.4 is 16.0 Å². The molecule has 9 heteroatoms. The van der Waals surface area contributed by atoms with Crippen molar-refractivity contribution in [2.75, 3.05) is 6.54 Å². The zero-order chi connectivity index (χ0) is 29.7. The first kappa shape index (κ1) is 35.1. The number of hydrogen-bond acceptors (Lipinski definition) is 7. The second-order valence-corrected chi connectivity index (χ2v) is 15.4. The van der Waals surface area contributed by atoms with Gasteiger partial charge in [-0.1, -0.05) is 55.4 Å². The van der Waals surface area contributed by atoms with E-state index in [2.05, 4.69) is 57.5 Å². The molecule has 1 rings (SSSR count). The Morgan fingerprint density at radius 3 is 1.92 bits per heavy atom. The van der Waals surface area contributed by atoms with Crippen molar-refractivity contribution in [2.24, 2.45) is 16.2 Å². The molecule has 38 heavy (non-hydrogen) atoms. The third kappa shape index (κ3) is 12.5. The molecule has 0 aliphatic heterocycles. The first-order valence-corrected chi connectivity index (χ1v) is 14.3. The van der Waals surface area contributed by atoms with E-state index in [-0.39, 0.29) is 23.8 Å². The third-order valence-corrected chi connectivity index (χ3v) is 7.33. The summed E-state index contributed by atoms with van der Waals surface area (Å²) in [6.45, 7) is 20.6. The van der Waals surface area contributed by atoms with Crippen LogP contribution in [-0.4, -0.2) is 86.3 Å². The molecule has 0 aromatic heterocycles. The highest BCUT2D eigenvalue weighted by atomic mass is 16.4. The van der Waals surface area contributed by atoms with Crippen molar-refractivity contribution in [2.45, 2.75) is 156 Å². The van der Waals surface area contributed by atoms with Gasteiger partial charge in [0.05, 0.1) is 30.5 Å². The summed E-state index contributed by atoms with van der Waals surface area (Å²) in [6, 6.07) is -1.70. The molecule has 8 N–H and O–H groups in total. The van der Waals surface area contributed by atoms with Gasteiger partial charge in [-0.3, -0.25) is 0 Å². The lowest BCUT2D eigenvalue weighted by atomic mass is 9.71. The molecule has 0 saturated heterocycles. The van der Waals surface area contributed by atoms with Crippen molar-refractivity contribution in [3.05, 3.63) is 0 Å². The maximum absolute atomic E-state index is 13.0. The molecule has 0 aromatic carbocycles. The van der Waals surface area contributed by atoms with Crippen molar-refractivity contribution < 1.29 is 30.3 Å². The number of amides is 2. The van der Waals surface area contributed by atoms with Gasteiger partial charge in [-0.05, 0) is 62.2 Å². The molecule has 226 valence electrons. The van der Waals surface area contributed by atoms with Crippen LogP contribution in [0.25, 0.3) is 0 Å². The Kier molecular flexibility index (Phi) is 12.5. The number of nitrogens with one attached hydrogen (secondary N) is 3. The second kappa shape index (κ2) is 13.6. The second-order valence-electron chi connectivity index (χ2n) is 15.4. The highest BCUT2D eigenvalue weighted by Crippen LogP contribution is 2.37. The molecule has 1 fully saturated rings. The molecule has 0 heterocycles. The van der Waals surface area contributed by atoms with Crippen molar-refractivity contribution in [1.82, 2.24) is 16.0 Å². The number of urea groups is 1. The lowest BCUT2D eigenvalue weighted by Crippen LogP contribution is -2.59. The van der Waals surface area contributed by atoms with Gasteiger partial charge in [-0.2, -0.15) is 0 Å². The molecule has 2 amide bonds. The quantitative estimate of drug-likeness (QED) is 0.186. The molecule has 0 aromatic rings. The number of rotatable bonds is 11. The van der Waals surface area contributed by atoms with Crippen LogP contribution in [-0.2, 0) is 0 Å². The van der Waals surface area contributed by atoms with E-state index in [1.807, 2.05) is 27.7 Å². The molecule has 1 aliphatic rings. The van der Waals surface area contributed by atoms with Gasteiger partial charge in [-0.15, -0.1) is 0 Å².